The Labute approximate surface area is 812 Å². The molecular formula is C90H124ClN23O25S. The molecule has 17 atom stereocenters. The first-order chi connectivity index (χ1) is 66.1. The van der Waals surface area contributed by atoms with E-state index in [4.69, 9.17) is 46.0 Å². The number of aliphatic hydroxyl groups is 6. The molecule has 140 heavy (non-hydrogen) atoms. The van der Waals surface area contributed by atoms with Crippen LogP contribution in [0.3, 0.4) is 0 Å². The van der Waals surface area contributed by atoms with Crippen molar-refractivity contribution in [3.05, 3.63) is 136 Å². The summed E-state index contributed by atoms with van der Waals surface area (Å²) in [5.41, 5.74) is 36.3. The molecule has 4 heterocycles. The molecule has 0 unspecified atom stereocenters. The van der Waals surface area contributed by atoms with Gasteiger partial charge in [-0.1, -0.05) is 74.0 Å². The lowest BCUT2D eigenvalue weighted by molar-refractivity contribution is -0.143. The number of rotatable bonds is 34. The van der Waals surface area contributed by atoms with Crippen LogP contribution in [0.1, 0.15) is 111 Å². The Hall–Kier alpha value is -13.8. The molecule has 1 saturated heterocycles. The molecule has 6 aromatic rings. The average molecular weight is 2000 g/mol. The number of halogens is 1. The van der Waals surface area contributed by atoms with E-state index in [0.717, 1.165) is 25.9 Å². The van der Waals surface area contributed by atoms with E-state index in [0.29, 0.717) is 56.0 Å². The van der Waals surface area contributed by atoms with Gasteiger partial charge in [-0.15, -0.1) is 11.8 Å². The predicted molar refractivity (Wildman–Crippen MR) is 506 cm³/mol. The minimum absolute atomic E-state index is 0.0531. The number of hydrogen-bond acceptors (Lipinski definition) is 28. The van der Waals surface area contributed by atoms with Gasteiger partial charge in [0.25, 0.3) is 0 Å². The van der Waals surface area contributed by atoms with Crippen LogP contribution >= 0.6 is 23.4 Å². The Morgan fingerprint density at radius 2 is 1.09 bits per heavy atom. The van der Waals surface area contributed by atoms with E-state index in [1.165, 1.54) is 48.8 Å². The number of hydrogen-bond donors (Lipinski definition) is 24. The zero-order valence-corrected chi connectivity index (χ0v) is 79.6. The van der Waals surface area contributed by atoms with Crippen molar-refractivity contribution in [1.82, 2.24) is 87.7 Å². The summed E-state index contributed by atoms with van der Waals surface area (Å²) < 4.78 is 3.24. The van der Waals surface area contributed by atoms with Crippen LogP contribution in [0.4, 0.5) is 0 Å². The second kappa shape index (κ2) is 53.9. The van der Waals surface area contributed by atoms with Gasteiger partial charge < -0.3 is 148 Å². The van der Waals surface area contributed by atoms with Crippen LogP contribution in [0.15, 0.2) is 104 Å². The molecule has 0 bridgehead atoms. The van der Waals surface area contributed by atoms with Crippen LogP contribution in [0.2, 0.25) is 5.02 Å². The van der Waals surface area contributed by atoms with Crippen molar-refractivity contribution in [3.63, 3.8) is 0 Å². The number of fused-ring (bicyclic) bond motifs is 2. The molecule has 30 N–H and O–H groups in total. The highest BCUT2D eigenvalue weighted by Crippen LogP contribution is 2.29. The van der Waals surface area contributed by atoms with Crippen LogP contribution < -0.4 is 98.2 Å². The number of nitrogens with two attached hydrogens (primary N) is 6. The summed E-state index contributed by atoms with van der Waals surface area (Å²) in [5, 5.41) is 93.2. The molecule has 0 spiro atoms. The Morgan fingerprint density at radius 3 is 1.71 bits per heavy atom. The molecule has 1 aliphatic heterocycles. The number of unbranched alkanes of at least 4 members (excludes halogenated alkanes) is 1. The lowest BCUT2D eigenvalue weighted by Gasteiger charge is -2.32. The molecule has 1 fully saturated rings. The molecule has 762 valence electrons. The number of primary amides is 5. The summed E-state index contributed by atoms with van der Waals surface area (Å²) in [4.78, 5) is 280. The number of aryl methyl sites for hydroxylation is 2. The molecular weight excluding hydrogens is 1870 g/mol. The van der Waals surface area contributed by atoms with E-state index in [-0.39, 0.29) is 47.5 Å². The smallest absolute Gasteiger partial charge is 0.248 e. The second-order valence-corrected chi connectivity index (χ2v) is 36.0. The Morgan fingerprint density at radius 1 is 0.550 bits per heavy atom. The third kappa shape index (κ3) is 33.8. The van der Waals surface area contributed by atoms with Gasteiger partial charge in [0.1, 0.15) is 90.8 Å². The van der Waals surface area contributed by atoms with E-state index in [2.05, 4.69) is 68.8 Å². The zero-order chi connectivity index (χ0) is 104. The Bertz CT molecular complexity index is 5480. The monoisotopic (exact) mass is 1990 g/mol. The molecule has 50 heteroatoms. The Balaban J connectivity index is 1.40. The molecule has 3 aromatic carbocycles. The lowest BCUT2D eigenvalue weighted by Crippen LogP contribution is -2.62. The standard InChI is InChI=1S/C90H124ClN23O25S/c1-44(2)27-56-81(130)108-62(35-70(95)121)89(138)113(6)40-72(123)100-57(32-50-39-112(5)75-52(50)19-13-20-53(75)91)82(131)103-55(23-24-71(122)99-37-66(117)76(125)77(126)67(118)41-115)80(129)105-58(31-49-38-111(4)64-22-9-8-18-51(49)64)85(134)110-74(45(3)116)88(137)107-60(34-69(94)120)84(133)109-63(86(135)102-54(79(97)128)21-10-11-25-92)42-140-43-73(124)101-61(29-46-15-12-17-48(28-46)78(96)127)90(139)114(7)65(30-47-16-14-26-98-36-47)87(136)106-59(33-68(93)119)83(132)104-56/h8-9,12-20,22,26,28,36,38-39,44-45,54-63,65-67,74,76-77,115-118,125-126H,10-11,21,23-25,27,29-35,37,40-43,92H2,1-7H3,(H2,93,119)(H2,94,120)(H2,95,121)(H2,96,127)(H2,97,128)(H,99,122)(H,100,123)(H,101,124)(H,102,135)(H,103,131)(H,104,132)(H,105,129)(H,106,136)(H,107,137)(H,108,130)(H,109,133)(H,110,134)/t45-,54-,55+,56+,57+,58+,59+,60+,61-,62+,63+,65+,66+,67-,74+,76-,77-/m1/s1. The van der Waals surface area contributed by atoms with Crippen molar-refractivity contribution in [3.8, 4) is 0 Å². The molecule has 1 aliphatic rings. The van der Waals surface area contributed by atoms with Crippen LogP contribution in [-0.2, 0) is 126 Å². The SMILES string of the molecule is CC(C)C[C@@H]1NC(=O)[C@H](CC(N)=O)NC(=O)[C@H](Cc2cccnc2)N(C)C(=O)[C@@H](Cc2cccc(C(N)=O)c2)NC(=O)CSC[C@@H](C(=O)N[C@H](CCCCN)C(N)=O)NC(=O)[C@H](CC(N)=O)NC(=O)[C@H]([C@@H](C)O)NC(=O)[C@H](Cc2cn(C)c3ccccc23)NC(=O)[C@H](CCC(=O)NC[C@H](O)[C@@H](O)[C@H](O)[C@H](O)CO)NC(=O)[C@H](Cc2cn(C)c3c(Cl)cccc23)NC(=O)CN(C)C(=O)[C@H](CC(N)=O)NC1=O. The van der Waals surface area contributed by atoms with Crippen molar-refractivity contribution >= 4 is 157 Å². The fourth-order valence-electron chi connectivity index (χ4n) is 15.5. The number of nitrogens with one attached hydrogen (secondary N) is 12. The van der Waals surface area contributed by atoms with Gasteiger partial charge in [0.05, 0.1) is 60.9 Å². The molecule has 0 radical (unpaired) electrons. The van der Waals surface area contributed by atoms with Gasteiger partial charge in [-0.2, -0.15) is 0 Å². The van der Waals surface area contributed by atoms with Gasteiger partial charge in [-0.3, -0.25) is 96.1 Å². The number of amides is 19. The van der Waals surface area contributed by atoms with E-state index < -0.39 is 310 Å². The third-order valence-corrected chi connectivity index (χ3v) is 24.2. The quantitative estimate of drug-likeness (QED) is 0.0167. The summed E-state index contributed by atoms with van der Waals surface area (Å²) >= 11 is 7.31. The normalized spacial score (nSPS) is 22.0. The minimum Gasteiger partial charge on any atom is -0.394 e. The van der Waals surface area contributed by atoms with E-state index in [9.17, 15) is 97.8 Å². The predicted octanol–water partition coefficient (Wildman–Crippen LogP) is -8.55. The summed E-state index contributed by atoms with van der Waals surface area (Å²) in [6.45, 7) is 1.42. The summed E-state index contributed by atoms with van der Waals surface area (Å²) in [6.07, 6.45) is -11.0. The molecule has 48 nitrogen and oxygen atoms in total. The third-order valence-electron chi connectivity index (χ3n) is 22.8. The van der Waals surface area contributed by atoms with Crippen molar-refractivity contribution in [2.24, 2.45) is 54.4 Å². The van der Waals surface area contributed by atoms with Gasteiger partial charge in [-0.05, 0) is 104 Å². The lowest BCUT2D eigenvalue weighted by atomic mass is 9.99. The molecule has 0 saturated carbocycles. The van der Waals surface area contributed by atoms with Crippen molar-refractivity contribution in [2.45, 2.75) is 207 Å². The number of pyridine rings is 1. The van der Waals surface area contributed by atoms with Crippen LogP contribution in [0.5, 0.6) is 0 Å². The first kappa shape index (κ1) is 113. The van der Waals surface area contributed by atoms with Crippen molar-refractivity contribution in [1.29, 1.82) is 0 Å². The number of nitrogens with zero attached hydrogens (tertiary/aromatic N) is 5. The first-order valence-electron chi connectivity index (χ1n) is 44.7. The summed E-state index contributed by atoms with van der Waals surface area (Å²) in [7, 11) is 5.43. The fourth-order valence-corrected chi connectivity index (χ4v) is 16.7. The molecule has 3 aromatic heterocycles. The Kier molecular flexibility index (Phi) is 43.6. The number of thioether (sulfide) groups is 1. The molecule has 19 amide bonds. The van der Waals surface area contributed by atoms with E-state index in [1.807, 2.05) is 0 Å². The van der Waals surface area contributed by atoms with Crippen LogP contribution in [0.25, 0.3) is 21.8 Å². The summed E-state index contributed by atoms with van der Waals surface area (Å²) in [5.74, 6) is -24.5. The topological polar surface area (TPSA) is 775 Å². The van der Waals surface area contributed by atoms with Gasteiger partial charge in [0.15, 0.2) is 0 Å². The van der Waals surface area contributed by atoms with Gasteiger partial charge in [0.2, 0.25) is 112 Å². The number of aromatic nitrogens is 3. The van der Waals surface area contributed by atoms with E-state index >= 15 is 24.0 Å². The van der Waals surface area contributed by atoms with E-state index in [1.54, 1.807) is 91.9 Å². The number of aliphatic hydroxyl groups excluding tert-OH is 6. The maximum Gasteiger partial charge on any atom is 0.248 e. The number of para-hydroxylation sites is 2. The number of carbonyl (C=O) groups excluding carboxylic acids is 19. The number of carbonyl (C=O) groups is 19. The minimum atomic E-state index is -2.21. The zero-order valence-electron chi connectivity index (χ0n) is 78.1. The van der Waals surface area contributed by atoms with Crippen LogP contribution in [-0.4, -0.2) is 322 Å². The average Bonchev–Trinajstić information content (AvgIpc) is 1.76. The first-order valence-corrected chi connectivity index (χ1v) is 46.2. The van der Waals surface area contributed by atoms with Gasteiger partial charge in [0, 0.05) is 119 Å². The number of benzene rings is 3. The molecule has 7 rings (SSSR count). The van der Waals surface area contributed by atoms with Crippen molar-refractivity contribution < 1.29 is 122 Å². The maximum atomic E-state index is 15.6. The maximum absolute atomic E-state index is 15.6. The number of likely N-dealkylation sites (N-methyl/N-ethyl adjacent to an activating group) is 2. The van der Waals surface area contributed by atoms with Gasteiger partial charge >= 0.3 is 0 Å². The second-order valence-electron chi connectivity index (χ2n) is 34.5. The molecule has 0 aliphatic carbocycles. The highest BCUT2D eigenvalue weighted by Gasteiger charge is 2.42. The fraction of sp³-hybridized carbons (Fsp3) is 0.489. The largest absolute Gasteiger partial charge is 0.394 e. The van der Waals surface area contributed by atoms with Crippen LogP contribution in [0, 0.1) is 5.92 Å². The summed E-state index contributed by atoms with van der Waals surface area (Å²) in [6, 6.07) is -2.84. The highest BCUT2D eigenvalue weighted by atomic mass is 35.5. The highest BCUT2D eigenvalue weighted by molar-refractivity contribution is 8.00. The van der Waals surface area contributed by atoms with Crippen molar-refractivity contribution in [2.75, 3.05) is 51.8 Å². The van der Waals surface area contributed by atoms with Gasteiger partial charge in [-0.25, -0.2) is 0 Å².